The summed E-state index contributed by atoms with van der Waals surface area (Å²) in [4.78, 5) is 0. The highest BCUT2D eigenvalue weighted by molar-refractivity contribution is 5.19. The lowest BCUT2D eigenvalue weighted by Gasteiger charge is -2.23. The standard InChI is InChI=1S/C13H20FNO/c1-9(2)8-16-13(10(3)15)11-4-6-12(14)7-5-11/h4-7,9-10,13H,8,15H2,1-3H3. The molecule has 90 valence electrons. The van der Waals surface area contributed by atoms with Crippen LogP contribution in [0.25, 0.3) is 0 Å². The van der Waals surface area contributed by atoms with Gasteiger partial charge in [-0.25, -0.2) is 4.39 Å². The molecule has 1 aromatic rings. The van der Waals surface area contributed by atoms with E-state index in [-0.39, 0.29) is 18.0 Å². The molecule has 0 radical (unpaired) electrons. The topological polar surface area (TPSA) is 35.2 Å². The minimum atomic E-state index is -0.240. The van der Waals surface area contributed by atoms with Crippen molar-refractivity contribution in [1.29, 1.82) is 0 Å². The summed E-state index contributed by atoms with van der Waals surface area (Å²) in [6.07, 6.45) is -0.164. The molecule has 0 fully saturated rings. The molecule has 2 unspecified atom stereocenters. The van der Waals surface area contributed by atoms with Crippen LogP contribution >= 0.6 is 0 Å². The van der Waals surface area contributed by atoms with Crippen LogP contribution in [-0.4, -0.2) is 12.6 Å². The Morgan fingerprint density at radius 1 is 1.19 bits per heavy atom. The Morgan fingerprint density at radius 2 is 1.75 bits per heavy atom. The van der Waals surface area contributed by atoms with Gasteiger partial charge in [0.05, 0.1) is 6.10 Å². The molecule has 1 rings (SSSR count). The average molecular weight is 225 g/mol. The first kappa shape index (κ1) is 13.1. The SMILES string of the molecule is CC(C)COC(c1ccc(F)cc1)C(C)N. The molecule has 0 amide bonds. The molecule has 3 heteroatoms. The molecule has 0 aliphatic heterocycles. The van der Waals surface area contributed by atoms with E-state index in [4.69, 9.17) is 10.5 Å². The molecule has 0 heterocycles. The van der Waals surface area contributed by atoms with E-state index in [2.05, 4.69) is 13.8 Å². The third kappa shape index (κ3) is 3.91. The molecule has 2 atom stereocenters. The van der Waals surface area contributed by atoms with Crippen molar-refractivity contribution in [2.24, 2.45) is 11.7 Å². The van der Waals surface area contributed by atoms with Gasteiger partial charge in [-0.15, -0.1) is 0 Å². The lowest BCUT2D eigenvalue weighted by atomic mass is 10.0. The minimum Gasteiger partial charge on any atom is -0.372 e. The first-order chi connectivity index (χ1) is 7.50. The number of ether oxygens (including phenoxy) is 1. The highest BCUT2D eigenvalue weighted by Gasteiger charge is 2.17. The van der Waals surface area contributed by atoms with E-state index in [0.717, 1.165) is 5.56 Å². The number of halogens is 1. The van der Waals surface area contributed by atoms with Gasteiger partial charge in [-0.1, -0.05) is 26.0 Å². The summed E-state index contributed by atoms with van der Waals surface area (Å²) in [5, 5.41) is 0. The number of benzene rings is 1. The Morgan fingerprint density at radius 3 is 2.19 bits per heavy atom. The summed E-state index contributed by atoms with van der Waals surface area (Å²) < 4.78 is 18.5. The second kappa shape index (κ2) is 5.97. The van der Waals surface area contributed by atoms with E-state index < -0.39 is 0 Å². The van der Waals surface area contributed by atoms with E-state index in [9.17, 15) is 4.39 Å². The molecule has 2 N–H and O–H groups in total. The zero-order chi connectivity index (χ0) is 12.1. The molecule has 0 aliphatic carbocycles. The van der Waals surface area contributed by atoms with E-state index in [1.165, 1.54) is 12.1 Å². The summed E-state index contributed by atoms with van der Waals surface area (Å²) >= 11 is 0. The van der Waals surface area contributed by atoms with E-state index in [1.54, 1.807) is 12.1 Å². The molecule has 0 spiro atoms. The van der Waals surface area contributed by atoms with Crippen LogP contribution < -0.4 is 5.73 Å². The molecule has 0 saturated carbocycles. The number of hydrogen-bond acceptors (Lipinski definition) is 2. The third-order valence-electron chi connectivity index (χ3n) is 2.29. The monoisotopic (exact) mass is 225 g/mol. The summed E-state index contributed by atoms with van der Waals surface area (Å²) in [6.45, 7) is 6.73. The fourth-order valence-electron chi connectivity index (χ4n) is 1.50. The van der Waals surface area contributed by atoms with Crippen molar-refractivity contribution in [3.63, 3.8) is 0 Å². The first-order valence-electron chi connectivity index (χ1n) is 5.63. The number of hydrogen-bond donors (Lipinski definition) is 1. The van der Waals surface area contributed by atoms with Crippen LogP contribution in [0.15, 0.2) is 24.3 Å². The molecule has 16 heavy (non-hydrogen) atoms. The zero-order valence-corrected chi connectivity index (χ0v) is 10.1. The fraction of sp³-hybridized carbons (Fsp3) is 0.538. The van der Waals surface area contributed by atoms with Crippen LogP contribution in [0.1, 0.15) is 32.4 Å². The number of nitrogens with two attached hydrogens (primary N) is 1. The van der Waals surface area contributed by atoms with Crippen LogP contribution in [0.4, 0.5) is 4.39 Å². The maximum atomic E-state index is 12.8. The van der Waals surface area contributed by atoms with Crippen molar-refractivity contribution in [2.45, 2.75) is 32.9 Å². The van der Waals surface area contributed by atoms with Gasteiger partial charge < -0.3 is 10.5 Å². The third-order valence-corrected chi connectivity index (χ3v) is 2.29. The summed E-state index contributed by atoms with van der Waals surface area (Å²) in [7, 11) is 0. The van der Waals surface area contributed by atoms with Gasteiger partial charge in [0.1, 0.15) is 5.82 Å². The maximum Gasteiger partial charge on any atom is 0.123 e. The fourth-order valence-corrected chi connectivity index (χ4v) is 1.50. The molecule has 0 bridgehead atoms. The van der Waals surface area contributed by atoms with Crippen molar-refractivity contribution < 1.29 is 9.13 Å². The summed E-state index contributed by atoms with van der Waals surface area (Å²) in [5.74, 6) is 0.220. The van der Waals surface area contributed by atoms with Gasteiger partial charge >= 0.3 is 0 Å². The molecular weight excluding hydrogens is 205 g/mol. The molecular formula is C13H20FNO. The van der Waals surface area contributed by atoms with Gasteiger partial charge in [-0.2, -0.15) is 0 Å². The molecule has 2 nitrogen and oxygen atoms in total. The summed E-state index contributed by atoms with van der Waals surface area (Å²) in [5.41, 5.74) is 6.80. The molecule has 0 saturated heterocycles. The van der Waals surface area contributed by atoms with Gasteiger partial charge in [0.15, 0.2) is 0 Å². The lowest BCUT2D eigenvalue weighted by Crippen LogP contribution is -2.28. The van der Waals surface area contributed by atoms with Crippen molar-refractivity contribution >= 4 is 0 Å². The minimum absolute atomic E-state index is 0.107. The quantitative estimate of drug-likeness (QED) is 0.836. The van der Waals surface area contributed by atoms with Crippen molar-refractivity contribution in [1.82, 2.24) is 0 Å². The second-order valence-corrected chi connectivity index (χ2v) is 4.56. The van der Waals surface area contributed by atoms with Crippen molar-refractivity contribution in [3.05, 3.63) is 35.6 Å². The average Bonchev–Trinajstić information content (AvgIpc) is 2.20. The smallest absolute Gasteiger partial charge is 0.123 e. The zero-order valence-electron chi connectivity index (χ0n) is 10.1. The Hall–Kier alpha value is -0.930. The Labute approximate surface area is 96.6 Å². The van der Waals surface area contributed by atoms with E-state index in [1.807, 2.05) is 6.92 Å². The highest BCUT2D eigenvalue weighted by atomic mass is 19.1. The number of rotatable bonds is 5. The van der Waals surface area contributed by atoms with Gasteiger partial charge in [-0.05, 0) is 30.5 Å². The van der Waals surface area contributed by atoms with Crippen LogP contribution in [-0.2, 0) is 4.74 Å². The van der Waals surface area contributed by atoms with Crippen molar-refractivity contribution in [2.75, 3.05) is 6.61 Å². The Kier molecular flexibility index (Phi) is 4.90. The Bertz CT molecular complexity index is 308. The van der Waals surface area contributed by atoms with Gasteiger partial charge in [-0.3, -0.25) is 0 Å². The largest absolute Gasteiger partial charge is 0.372 e. The molecule has 1 aromatic carbocycles. The Balaban J connectivity index is 2.73. The van der Waals surface area contributed by atoms with E-state index in [0.29, 0.717) is 12.5 Å². The lowest BCUT2D eigenvalue weighted by molar-refractivity contribution is 0.0221. The van der Waals surface area contributed by atoms with Crippen LogP contribution in [0.3, 0.4) is 0 Å². The normalized spacial score (nSPS) is 15.1. The second-order valence-electron chi connectivity index (χ2n) is 4.56. The van der Waals surface area contributed by atoms with Gasteiger partial charge in [0.25, 0.3) is 0 Å². The molecule has 0 aromatic heterocycles. The highest BCUT2D eigenvalue weighted by Crippen LogP contribution is 2.21. The maximum absolute atomic E-state index is 12.8. The van der Waals surface area contributed by atoms with Crippen LogP contribution in [0.5, 0.6) is 0 Å². The van der Waals surface area contributed by atoms with Gasteiger partial charge in [0, 0.05) is 12.6 Å². The van der Waals surface area contributed by atoms with E-state index >= 15 is 0 Å². The first-order valence-corrected chi connectivity index (χ1v) is 5.63. The predicted molar refractivity (Wildman–Crippen MR) is 63.6 cm³/mol. The predicted octanol–water partition coefficient (Wildman–Crippen LogP) is 2.89. The molecule has 0 aliphatic rings. The van der Waals surface area contributed by atoms with Crippen molar-refractivity contribution in [3.8, 4) is 0 Å². The van der Waals surface area contributed by atoms with Crippen LogP contribution in [0.2, 0.25) is 0 Å². The van der Waals surface area contributed by atoms with Gasteiger partial charge in [0.2, 0.25) is 0 Å². The summed E-state index contributed by atoms with van der Waals surface area (Å²) in [6, 6.07) is 6.21. The van der Waals surface area contributed by atoms with Crippen LogP contribution in [0, 0.1) is 11.7 Å².